The first kappa shape index (κ1) is 17.4. The number of halogens is 3. The molecule has 0 unspecified atom stereocenters. The van der Waals surface area contributed by atoms with Gasteiger partial charge in [-0.05, 0) is 19.3 Å². The molecule has 0 aliphatic carbocycles. The molecule has 0 aromatic heterocycles. The van der Waals surface area contributed by atoms with E-state index >= 15 is 0 Å². The molecule has 3 atom stereocenters. The Kier molecular flexibility index (Phi) is 5.56. The standard InChI is InChI=1S/C11H18F3NO4S/c1-7-5-9(19-10(7)8(2)16)6-15-20(17,18)4-3-11(12,13)14/h7,9-10,15H,3-6H2,1-2H3/t7-,9+,10+/m1/s1. The number of ketones is 1. The van der Waals surface area contributed by atoms with Gasteiger partial charge >= 0.3 is 6.18 Å². The lowest BCUT2D eigenvalue weighted by Gasteiger charge is -2.13. The van der Waals surface area contributed by atoms with E-state index in [-0.39, 0.29) is 18.2 Å². The molecule has 0 saturated carbocycles. The molecule has 1 fully saturated rings. The summed E-state index contributed by atoms with van der Waals surface area (Å²) in [5.74, 6) is -1.17. The van der Waals surface area contributed by atoms with E-state index in [1.54, 1.807) is 0 Å². The highest BCUT2D eigenvalue weighted by atomic mass is 32.2. The first-order valence-corrected chi connectivity index (χ1v) is 7.85. The van der Waals surface area contributed by atoms with Crippen molar-refractivity contribution in [3.63, 3.8) is 0 Å². The summed E-state index contributed by atoms with van der Waals surface area (Å²) in [6.07, 6.45) is -6.46. The van der Waals surface area contributed by atoms with Crippen LogP contribution in [-0.2, 0) is 19.6 Å². The van der Waals surface area contributed by atoms with Crippen molar-refractivity contribution in [3.8, 4) is 0 Å². The zero-order valence-corrected chi connectivity index (χ0v) is 12.1. The van der Waals surface area contributed by atoms with Gasteiger partial charge in [-0.1, -0.05) is 6.92 Å². The topological polar surface area (TPSA) is 72.5 Å². The van der Waals surface area contributed by atoms with Crippen molar-refractivity contribution in [2.75, 3.05) is 12.3 Å². The first-order chi connectivity index (χ1) is 9.00. The van der Waals surface area contributed by atoms with Gasteiger partial charge in [-0.15, -0.1) is 0 Å². The molecule has 0 aromatic carbocycles. The zero-order chi connectivity index (χ0) is 15.6. The first-order valence-electron chi connectivity index (χ1n) is 6.20. The van der Waals surface area contributed by atoms with Gasteiger partial charge in [0.05, 0.1) is 18.3 Å². The summed E-state index contributed by atoms with van der Waals surface area (Å²) in [6, 6.07) is 0. The van der Waals surface area contributed by atoms with Crippen LogP contribution in [0.1, 0.15) is 26.7 Å². The van der Waals surface area contributed by atoms with Crippen molar-refractivity contribution < 1.29 is 31.1 Å². The number of rotatable bonds is 6. The second-order valence-electron chi connectivity index (χ2n) is 5.03. The SMILES string of the molecule is CC(=O)[C@H]1O[C@H](CNS(=O)(=O)CCC(F)(F)F)C[C@H]1C. The van der Waals surface area contributed by atoms with Crippen LogP contribution in [0.3, 0.4) is 0 Å². The van der Waals surface area contributed by atoms with Crippen LogP contribution in [-0.4, -0.2) is 44.9 Å². The van der Waals surface area contributed by atoms with Crippen molar-refractivity contribution in [1.29, 1.82) is 0 Å². The van der Waals surface area contributed by atoms with Gasteiger partial charge < -0.3 is 4.74 Å². The Morgan fingerprint density at radius 3 is 2.45 bits per heavy atom. The number of carbonyl (C=O) groups excluding carboxylic acids is 1. The summed E-state index contributed by atoms with van der Waals surface area (Å²) in [5, 5.41) is 0. The summed E-state index contributed by atoms with van der Waals surface area (Å²) in [7, 11) is -3.99. The Morgan fingerprint density at radius 1 is 1.40 bits per heavy atom. The highest BCUT2D eigenvalue weighted by Gasteiger charge is 2.36. The molecule has 1 rings (SSSR count). The summed E-state index contributed by atoms with van der Waals surface area (Å²) in [4.78, 5) is 11.2. The van der Waals surface area contributed by atoms with Crippen molar-refractivity contribution in [1.82, 2.24) is 4.72 Å². The quantitative estimate of drug-likeness (QED) is 0.800. The van der Waals surface area contributed by atoms with Crippen LogP contribution in [0, 0.1) is 5.92 Å². The van der Waals surface area contributed by atoms with Crippen LogP contribution in [0.15, 0.2) is 0 Å². The van der Waals surface area contributed by atoms with Gasteiger partial charge in [0.1, 0.15) is 6.10 Å². The molecule has 1 aliphatic heterocycles. The second-order valence-corrected chi connectivity index (χ2v) is 6.96. The second kappa shape index (κ2) is 6.40. The predicted molar refractivity (Wildman–Crippen MR) is 65.6 cm³/mol. The van der Waals surface area contributed by atoms with Gasteiger partial charge in [-0.3, -0.25) is 4.79 Å². The molecule has 0 amide bonds. The van der Waals surface area contributed by atoms with Crippen molar-refractivity contribution in [2.24, 2.45) is 5.92 Å². The molecule has 118 valence electrons. The largest absolute Gasteiger partial charge is 0.390 e. The molecule has 5 nitrogen and oxygen atoms in total. The van der Waals surface area contributed by atoms with Crippen molar-refractivity contribution >= 4 is 15.8 Å². The number of hydrogen-bond donors (Lipinski definition) is 1. The van der Waals surface area contributed by atoms with Crippen LogP contribution in [0.2, 0.25) is 0 Å². The van der Waals surface area contributed by atoms with Crippen LogP contribution in [0.25, 0.3) is 0 Å². The maximum absolute atomic E-state index is 12.0. The van der Waals surface area contributed by atoms with Crippen LogP contribution in [0.5, 0.6) is 0 Å². The summed E-state index contributed by atoms with van der Waals surface area (Å²) in [6.45, 7) is 3.08. The van der Waals surface area contributed by atoms with E-state index in [1.807, 2.05) is 6.92 Å². The average Bonchev–Trinajstić information content (AvgIpc) is 2.65. The molecule has 20 heavy (non-hydrogen) atoms. The molecular weight excluding hydrogens is 299 g/mol. The number of hydrogen-bond acceptors (Lipinski definition) is 4. The molecule has 1 heterocycles. The van der Waals surface area contributed by atoms with Gasteiger partial charge in [0, 0.05) is 6.54 Å². The number of sulfonamides is 1. The smallest absolute Gasteiger partial charge is 0.366 e. The van der Waals surface area contributed by atoms with Gasteiger partial charge in [0.25, 0.3) is 0 Å². The Labute approximate surface area is 115 Å². The Hall–Kier alpha value is -0.670. The molecular formula is C11H18F3NO4S. The van der Waals surface area contributed by atoms with Crippen LogP contribution >= 0.6 is 0 Å². The lowest BCUT2D eigenvalue weighted by atomic mass is 9.99. The van der Waals surface area contributed by atoms with Crippen molar-refractivity contribution in [3.05, 3.63) is 0 Å². The monoisotopic (exact) mass is 317 g/mol. The summed E-state index contributed by atoms with van der Waals surface area (Å²) in [5.41, 5.74) is 0. The third kappa shape index (κ3) is 5.76. The number of ether oxygens (including phenoxy) is 1. The van der Waals surface area contributed by atoms with E-state index in [9.17, 15) is 26.4 Å². The fourth-order valence-corrected chi connectivity index (χ4v) is 3.19. The highest BCUT2D eigenvalue weighted by Crippen LogP contribution is 2.26. The highest BCUT2D eigenvalue weighted by molar-refractivity contribution is 7.89. The fraction of sp³-hybridized carbons (Fsp3) is 0.909. The third-order valence-corrected chi connectivity index (χ3v) is 4.42. The summed E-state index contributed by atoms with van der Waals surface area (Å²) >= 11 is 0. The minimum absolute atomic E-state index is 0.0304. The lowest BCUT2D eigenvalue weighted by molar-refractivity contribution is -0.130. The van der Waals surface area contributed by atoms with Gasteiger partial charge in [0.2, 0.25) is 10.0 Å². The zero-order valence-electron chi connectivity index (χ0n) is 11.2. The molecule has 0 bridgehead atoms. The number of alkyl halides is 3. The van der Waals surface area contributed by atoms with E-state index in [0.717, 1.165) is 0 Å². The summed E-state index contributed by atoms with van der Waals surface area (Å²) < 4.78 is 66.2. The molecule has 1 saturated heterocycles. The molecule has 1 aliphatic rings. The lowest BCUT2D eigenvalue weighted by Crippen LogP contribution is -2.35. The van der Waals surface area contributed by atoms with Gasteiger partial charge in [-0.2, -0.15) is 13.2 Å². The van der Waals surface area contributed by atoms with Gasteiger partial charge in [0.15, 0.2) is 5.78 Å². The van der Waals surface area contributed by atoms with Gasteiger partial charge in [-0.25, -0.2) is 13.1 Å². The van der Waals surface area contributed by atoms with Crippen molar-refractivity contribution in [2.45, 2.75) is 45.1 Å². The number of carbonyl (C=O) groups is 1. The van der Waals surface area contributed by atoms with E-state index in [2.05, 4.69) is 4.72 Å². The Morgan fingerprint density at radius 2 is 2.00 bits per heavy atom. The molecule has 9 heteroatoms. The fourth-order valence-electron chi connectivity index (χ4n) is 2.11. The average molecular weight is 317 g/mol. The minimum atomic E-state index is -4.51. The molecule has 1 N–H and O–H groups in total. The Balaban J connectivity index is 2.42. The van der Waals surface area contributed by atoms with E-state index in [4.69, 9.17) is 4.74 Å². The number of Topliss-reactive ketones (excluding diaryl/α,β-unsaturated/α-hetero) is 1. The normalized spacial score (nSPS) is 27.8. The van der Waals surface area contributed by atoms with E-state index in [1.165, 1.54) is 6.92 Å². The predicted octanol–water partition coefficient (Wildman–Crippen LogP) is 1.24. The maximum atomic E-state index is 12.0. The minimum Gasteiger partial charge on any atom is -0.366 e. The Bertz CT molecular complexity index is 449. The molecule has 0 spiro atoms. The van der Waals surface area contributed by atoms with E-state index < -0.39 is 40.6 Å². The van der Waals surface area contributed by atoms with Crippen LogP contribution in [0.4, 0.5) is 13.2 Å². The van der Waals surface area contributed by atoms with E-state index in [0.29, 0.717) is 6.42 Å². The molecule has 0 aromatic rings. The third-order valence-electron chi connectivity index (χ3n) is 3.08. The van der Waals surface area contributed by atoms with Crippen LogP contribution < -0.4 is 4.72 Å². The maximum Gasteiger partial charge on any atom is 0.390 e. The molecule has 0 radical (unpaired) electrons. The number of nitrogens with one attached hydrogen (secondary N) is 1.